The number of ketones is 1. The first kappa shape index (κ1) is 22.2. The van der Waals surface area contributed by atoms with Gasteiger partial charge in [0.15, 0.2) is 5.13 Å². The van der Waals surface area contributed by atoms with Gasteiger partial charge < -0.3 is 9.84 Å². The number of hydrogen-bond donors (Lipinski definition) is 1. The van der Waals surface area contributed by atoms with Crippen LogP contribution in [0, 0.1) is 5.82 Å². The number of thiazole rings is 1. The second-order valence-corrected chi connectivity index (χ2v) is 9.66. The number of amides is 1. The molecule has 1 fully saturated rings. The molecule has 5 rings (SSSR count). The number of benzene rings is 2. The van der Waals surface area contributed by atoms with Gasteiger partial charge in [-0.05, 0) is 48.2 Å². The number of thiophene rings is 1. The third-order valence-corrected chi connectivity index (χ3v) is 7.32. The zero-order chi connectivity index (χ0) is 23.8. The molecule has 34 heavy (non-hydrogen) atoms. The lowest BCUT2D eigenvalue weighted by Gasteiger charge is -2.21. The molecule has 1 N–H and O–H groups in total. The summed E-state index contributed by atoms with van der Waals surface area (Å²) in [5, 5.41) is 13.3. The summed E-state index contributed by atoms with van der Waals surface area (Å²) in [7, 11) is 0. The molecule has 0 spiro atoms. The minimum Gasteiger partial charge on any atom is -0.507 e. The number of halogens is 1. The number of fused-ring (bicyclic) bond motifs is 1. The number of ether oxygens (including phenoxy) is 1. The van der Waals surface area contributed by atoms with E-state index < -0.39 is 23.5 Å². The van der Waals surface area contributed by atoms with Crippen molar-refractivity contribution in [1.82, 2.24) is 4.98 Å². The zero-order valence-corrected chi connectivity index (χ0v) is 19.7. The molecule has 1 aliphatic heterocycles. The molecule has 3 heterocycles. The van der Waals surface area contributed by atoms with Crippen molar-refractivity contribution >= 4 is 55.5 Å². The second kappa shape index (κ2) is 9.00. The molecular formula is C25H19FN2O4S2. The molecule has 0 bridgehead atoms. The highest BCUT2D eigenvalue weighted by molar-refractivity contribution is 7.22. The van der Waals surface area contributed by atoms with Crippen LogP contribution in [0.5, 0.6) is 5.75 Å². The average molecular weight is 495 g/mol. The molecular weight excluding hydrogens is 475 g/mol. The van der Waals surface area contributed by atoms with E-state index in [1.165, 1.54) is 34.4 Å². The van der Waals surface area contributed by atoms with E-state index in [0.29, 0.717) is 33.0 Å². The van der Waals surface area contributed by atoms with E-state index in [1.807, 2.05) is 18.4 Å². The minimum absolute atomic E-state index is 0.0227. The van der Waals surface area contributed by atoms with Crippen LogP contribution in [0.1, 0.15) is 29.8 Å². The maximum atomic E-state index is 13.7. The number of carbonyl (C=O) groups excluding carboxylic acids is 2. The van der Waals surface area contributed by atoms with Crippen LogP contribution in [-0.4, -0.2) is 28.4 Å². The van der Waals surface area contributed by atoms with Crippen molar-refractivity contribution in [1.29, 1.82) is 0 Å². The van der Waals surface area contributed by atoms with Crippen LogP contribution in [0.4, 0.5) is 9.52 Å². The number of rotatable bonds is 6. The third kappa shape index (κ3) is 3.86. The molecule has 1 saturated heterocycles. The predicted octanol–water partition coefficient (Wildman–Crippen LogP) is 5.91. The van der Waals surface area contributed by atoms with Crippen LogP contribution in [-0.2, 0) is 9.59 Å². The molecule has 0 saturated carbocycles. The van der Waals surface area contributed by atoms with Crippen molar-refractivity contribution in [3.8, 4) is 5.75 Å². The van der Waals surface area contributed by atoms with E-state index in [0.717, 1.165) is 17.8 Å². The Labute approximate surface area is 202 Å². The van der Waals surface area contributed by atoms with Crippen molar-refractivity contribution in [3.63, 3.8) is 0 Å². The molecule has 0 radical (unpaired) electrons. The SMILES string of the molecule is CCCOc1cccc(C(O)=C2C(=O)C(=O)N(c3nc4ccc(F)cc4s3)C2c2cccs2)c1. The van der Waals surface area contributed by atoms with Gasteiger partial charge in [-0.3, -0.25) is 14.5 Å². The van der Waals surface area contributed by atoms with Crippen molar-refractivity contribution in [2.24, 2.45) is 0 Å². The fourth-order valence-corrected chi connectivity index (χ4v) is 5.68. The van der Waals surface area contributed by atoms with Crippen LogP contribution in [0.25, 0.3) is 16.0 Å². The predicted molar refractivity (Wildman–Crippen MR) is 131 cm³/mol. The number of aliphatic hydroxyl groups excluding tert-OH is 1. The Morgan fingerprint density at radius 3 is 2.79 bits per heavy atom. The normalized spacial score (nSPS) is 17.6. The lowest BCUT2D eigenvalue weighted by atomic mass is 10.00. The highest BCUT2D eigenvalue weighted by atomic mass is 32.1. The van der Waals surface area contributed by atoms with E-state index in [9.17, 15) is 19.1 Å². The first-order chi connectivity index (χ1) is 16.5. The highest BCUT2D eigenvalue weighted by Crippen LogP contribution is 2.45. The Hall–Kier alpha value is -3.56. The molecule has 4 aromatic rings. The Morgan fingerprint density at radius 1 is 1.18 bits per heavy atom. The largest absolute Gasteiger partial charge is 0.507 e. The van der Waals surface area contributed by atoms with Crippen LogP contribution in [0.3, 0.4) is 0 Å². The molecule has 2 aromatic carbocycles. The van der Waals surface area contributed by atoms with Crippen molar-refractivity contribution < 1.29 is 23.8 Å². The summed E-state index contributed by atoms with van der Waals surface area (Å²) in [6.45, 7) is 2.50. The van der Waals surface area contributed by atoms with Gasteiger partial charge in [0.1, 0.15) is 23.4 Å². The summed E-state index contributed by atoms with van der Waals surface area (Å²) in [5.74, 6) is -1.74. The number of hydrogen-bond acceptors (Lipinski definition) is 7. The summed E-state index contributed by atoms with van der Waals surface area (Å²) in [4.78, 5) is 32.9. The summed E-state index contributed by atoms with van der Waals surface area (Å²) in [6, 6.07) is 13.7. The van der Waals surface area contributed by atoms with Gasteiger partial charge in [-0.25, -0.2) is 9.37 Å². The van der Waals surface area contributed by atoms with E-state index in [2.05, 4.69) is 4.98 Å². The fourth-order valence-electron chi connectivity index (χ4n) is 3.84. The molecule has 9 heteroatoms. The number of anilines is 1. The van der Waals surface area contributed by atoms with Gasteiger partial charge in [-0.1, -0.05) is 36.5 Å². The molecule has 1 atom stereocenters. The zero-order valence-electron chi connectivity index (χ0n) is 18.0. The van der Waals surface area contributed by atoms with Crippen LogP contribution < -0.4 is 9.64 Å². The van der Waals surface area contributed by atoms with Gasteiger partial charge in [-0.2, -0.15) is 0 Å². The number of Topliss-reactive ketones (excluding diaryl/α,β-unsaturated/α-hetero) is 1. The van der Waals surface area contributed by atoms with Crippen LogP contribution in [0.15, 0.2) is 65.6 Å². The summed E-state index contributed by atoms with van der Waals surface area (Å²) < 4.78 is 19.9. The Bertz CT molecular complexity index is 1430. The summed E-state index contributed by atoms with van der Waals surface area (Å²) in [6.07, 6.45) is 0.825. The van der Waals surface area contributed by atoms with Crippen LogP contribution in [0.2, 0.25) is 0 Å². The first-order valence-electron chi connectivity index (χ1n) is 10.6. The van der Waals surface area contributed by atoms with E-state index >= 15 is 0 Å². The molecule has 172 valence electrons. The average Bonchev–Trinajstić information content (AvgIpc) is 3.56. The summed E-state index contributed by atoms with van der Waals surface area (Å²) in [5.41, 5.74) is 0.874. The van der Waals surface area contributed by atoms with Gasteiger partial charge in [0.2, 0.25) is 0 Å². The summed E-state index contributed by atoms with van der Waals surface area (Å²) >= 11 is 2.48. The third-order valence-electron chi connectivity index (χ3n) is 5.38. The maximum Gasteiger partial charge on any atom is 0.301 e. The molecule has 0 aliphatic carbocycles. The first-order valence-corrected chi connectivity index (χ1v) is 12.3. The molecule has 1 aliphatic rings. The molecule has 1 unspecified atom stereocenters. The van der Waals surface area contributed by atoms with E-state index in [4.69, 9.17) is 4.74 Å². The number of carbonyl (C=O) groups is 2. The Balaban J connectivity index is 1.65. The minimum atomic E-state index is -0.856. The number of aromatic nitrogens is 1. The van der Waals surface area contributed by atoms with Crippen molar-refractivity contribution in [2.45, 2.75) is 19.4 Å². The van der Waals surface area contributed by atoms with Gasteiger partial charge >= 0.3 is 5.91 Å². The lowest BCUT2D eigenvalue weighted by Crippen LogP contribution is -2.28. The number of aliphatic hydroxyl groups is 1. The smallest absolute Gasteiger partial charge is 0.301 e. The molecule has 6 nitrogen and oxygen atoms in total. The molecule has 2 aromatic heterocycles. The van der Waals surface area contributed by atoms with Crippen LogP contribution >= 0.6 is 22.7 Å². The van der Waals surface area contributed by atoms with Crippen molar-refractivity contribution in [3.05, 3.63) is 81.8 Å². The van der Waals surface area contributed by atoms with Gasteiger partial charge in [0.25, 0.3) is 5.78 Å². The standard InChI is InChI=1S/C25H19FN2O4S2/c1-2-10-32-16-6-3-5-14(12-16)22(29)20-21(18-7-4-11-33-18)28(24(31)23(20)30)25-27-17-9-8-15(26)13-19(17)34-25/h3-9,11-13,21,29H,2,10H2,1H3. The molecule has 1 amide bonds. The number of nitrogens with zero attached hydrogens (tertiary/aromatic N) is 2. The van der Waals surface area contributed by atoms with E-state index in [1.54, 1.807) is 30.3 Å². The van der Waals surface area contributed by atoms with E-state index in [-0.39, 0.29) is 16.5 Å². The van der Waals surface area contributed by atoms with Crippen molar-refractivity contribution in [2.75, 3.05) is 11.5 Å². The lowest BCUT2D eigenvalue weighted by molar-refractivity contribution is -0.132. The fraction of sp³-hybridized carbons (Fsp3) is 0.160. The monoisotopic (exact) mass is 494 g/mol. The second-order valence-electron chi connectivity index (χ2n) is 7.67. The highest BCUT2D eigenvalue weighted by Gasteiger charge is 2.48. The maximum absolute atomic E-state index is 13.7. The Kier molecular flexibility index (Phi) is 5.89. The Morgan fingerprint density at radius 2 is 2.03 bits per heavy atom. The van der Waals surface area contributed by atoms with Gasteiger partial charge in [0.05, 0.1) is 22.4 Å². The van der Waals surface area contributed by atoms with Gasteiger partial charge in [0, 0.05) is 10.4 Å². The quantitative estimate of drug-likeness (QED) is 0.205. The van der Waals surface area contributed by atoms with Gasteiger partial charge in [-0.15, -0.1) is 11.3 Å². The topological polar surface area (TPSA) is 79.7 Å².